The van der Waals surface area contributed by atoms with E-state index in [9.17, 15) is 4.79 Å². The van der Waals surface area contributed by atoms with Crippen LogP contribution < -0.4 is 11.1 Å². The van der Waals surface area contributed by atoms with Gasteiger partial charge in [-0.2, -0.15) is 0 Å². The van der Waals surface area contributed by atoms with Gasteiger partial charge in [-0.15, -0.1) is 17.9 Å². The fourth-order valence-corrected chi connectivity index (χ4v) is 2.35. The number of benzene rings is 1. The highest BCUT2D eigenvalue weighted by molar-refractivity contribution is 7.14. The second kappa shape index (κ2) is 7.68. The van der Waals surface area contributed by atoms with Crippen molar-refractivity contribution in [2.45, 2.75) is 6.04 Å². The summed E-state index contributed by atoms with van der Waals surface area (Å²) in [6.45, 7) is 4.05. The van der Waals surface area contributed by atoms with E-state index in [0.29, 0.717) is 11.7 Å². The molecule has 0 aliphatic rings. The number of rotatable bonds is 7. The van der Waals surface area contributed by atoms with E-state index >= 15 is 0 Å². The summed E-state index contributed by atoms with van der Waals surface area (Å²) < 4.78 is 5.16. The van der Waals surface area contributed by atoms with Gasteiger partial charge < -0.3 is 15.8 Å². The van der Waals surface area contributed by atoms with Crippen LogP contribution in [-0.4, -0.2) is 30.1 Å². The lowest BCUT2D eigenvalue weighted by Crippen LogP contribution is -2.39. The minimum Gasteiger partial charge on any atom is -0.375 e. The summed E-state index contributed by atoms with van der Waals surface area (Å²) >= 11 is 1.36. The summed E-state index contributed by atoms with van der Waals surface area (Å²) in [6, 6.07) is 9.04. The zero-order valence-electron chi connectivity index (χ0n) is 11.5. The molecule has 5 nitrogen and oxygen atoms in total. The number of anilines is 1. The SMILES string of the molecule is C=CCOC[C@H](N)C(=O)Nc1nc(-c2ccccc2)cs1. The van der Waals surface area contributed by atoms with Gasteiger partial charge in [-0.25, -0.2) is 4.98 Å². The second-order valence-corrected chi connectivity index (χ2v) is 5.18. The molecule has 1 aromatic heterocycles. The van der Waals surface area contributed by atoms with Crippen molar-refractivity contribution in [3.63, 3.8) is 0 Å². The molecule has 3 N–H and O–H groups in total. The molecule has 1 atom stereocenters. The summed E-state index contributed by atoms with van der Waals surface area (Å²) in [6.07, 6.45) is 1.61. The van der Waals surface area contributed by atoms with E-state index in [1.165, 1.54) is 11.3 Å². The van der Waals surface area contributed by atoms with Crippen LogP contribution in [0.1, 0.15) is 0 Å². The Labute approximate surface area is 127 Å². The molecule has 0 fully saturated rings. The van der Waals surface area contributed by atoms with Crippen LogP contribution in [0.25, 0.3) is 11.3 Å². The van der Waals surface area contributed by atoms with E-state index in [1.807, 2.05) is 35.7 Å². The minimum absolute atomic E-state index is 0.148. The first-order chi connectivity index (χ1) is 10.2. The Hall–Kier alpha value is -2.02. The lowest BCUT2D eigenvalue weighted by Gasteiger charge is -2.10. The molecule has 6 heteroatoms. The average Bonchev–Trinajstić information content (AvgIpc) is 2.97. The summed E-state index contributed by atoms with van der Waals surface area (Å²) in [5, 5.41) is 5.12. The van der Waals surface area contributed by atoms with E-state index in [2.05, 4.69) is 16.9 Å². The predicted octanol–water partition coefficient (Wildman–Crippen LogP) is 2.28. The van der Waals surface area contributed by atoms with Crippen LogP contribution in [0, 0.1) is 0 Å². The van der Waals surface area contributed by atoms with Gasteiger partial charge in [0.05, 0.1) is 18.9 Å². The zero-order chi connectivity index (χ0) is 15.1. The molecule has 0 bridgehead atoms. The molecule has 0 spiro atoms. The van der Waals surface area contributed by atoms with Crippen molar-refractivity contribution in [3.05, 3.63) is 48.4 Å². The fraction of sp³-hybridized carbons (Fsp3) is 0.200. The molecule has 0 saturated heterocycles. The van der Waals surface area contributed by atoms with Crippen LogP contribution >= 0.6 is 11.3 Å². The van der Waals surface area contributed by atoms with E-state index in [-0.39, 0.29) is 12.5 Å². The van der Waals surface area contributed by atoms with Gasteiger partial charge in [0.25, 0.3) is 0 Å². The Morgan fingerprint density at radius 3 is 2.95 bits per heavy atom. The Kier molecular flexibility index (Phi) is 5.62. The van der Waals surface area contributed by atoms with Crippen molar-refractivity contribution in [2.75, 3.05) is 18.5 Å². The summed E-state index contributed by atoms with van der Waals surface area (Å²) in [5.74, 6) is -0.312. The van der Waals surface area contributed by atoms with Crippen molar-refractivity contribution < 1.29 is 9.53 Å². The van der Waals surface area contributed by atoms with Crippen LogP contribution in [0.2, 0.25) is 0 Å². The van der Waals surface area contributed by atoms with Crippen LogP contribution in [0.5, 0.6) is 0 Å². The largest absolute Gasteiger partial charge is 0.375 e. The molecule has 2 aromatic rings. The number of nitrogens with zero attached hydrogens (tertiary/aromatic N) is 1. The molecule has 0 unspecified atom stereocenters. The van der Waals surface area contributed by atoms with Gasteiger partial charge in [0, 0.05) is 10.9 Å². The first-order valence-electron chi connectivity index (χ1n) is 6.46. The molecule has 0 aliphatic heterocycles. The van der Waals surface area contributed by atoms with E-state index < -0.39 is 6.04 Å². The summed E-state index contributed by atoms with van der Waals surface area (Å²) in [7, 11) is 0. The third kappa shape index (κ3) is 4.49. The number of hydrogen-bond donors (Lipinski definition) is 2. The molecule has 1 aromatic carbocycles. The Balaban J connectivity index is 1.93. The van der Waals surface area contributed by atoms with Gasteiger partial charge in [-0.1, -0.05) is 36.4 Å². The highest BCUT2D eigenvalue weighted by Gasteiger charge is 2.15. The van der Waals surface area contributed by atoms with E-state index in [4.69, 9.17) is 10.5 Å². The Bertz CT molecular complexity index is 598. The maximum absolute atomic E-state index is 11.9. The normalized spacial score (nSPS) is 11.9. The number of hydrogen-bond acceptors (Lipinski definition) is 5. The van der Waals surface area contributed by atoms with Crippen molar-refractivity contribution in [1.29, 1.82) is 0 Å². The third-order valence-corrected chi connectivity index (χ3v) is 3.43. The van der Waals surface area contributed by atoms with Gasteiger partial charge in [0.15, 0.2) is 5.13 Å². The maximum atomic E-state index is 11.9. The molecule has 2 rings (SSSR count). The van der Waals surface area contributed by atoms with Crippen molar-refractivity contribution >= 4 is 22.4 Å². The lowest BCUT2D eigenvalue weighted by atomic mass is 10.2. The summed E-state index contributed by atoms with van der Waals surface area (Å²) in [5.41, 5.74) is 7.56. The smallest absolute Gasteiger partial charge is 0.245 e. The highest BCUT2D eigenvalue weighted by Crippen LogP contribution is 2.24. The standard InChI is InChI=1S/C15H17N3O2S/c1-2-8-20-9-12(16)14(19)18-15-17-13(10-21-15)11-6-4-3-5-7-11/h2-7,10,12H,1,8-9,16H2,(H,17,18,19)/t12-/m0/s1. The quantitative estimate of drug-likeness (QED) is 0.607. The number of amides is 1. The average molecular weight is 303 g/mol. The molecule has 110 valence electrons. The first kappa shape index (κ1) is 15.4. The number of aromatic nitrogens is 1. The van der Waals surface area contributed by atoms with Crippen LogP contribution in [-0.2, 0) is 9.53 Å². The number of nitrogens with one attached hydrogen (secondary N) is 1. The van der Waals surface area contributed by atoms with Crippen molar-refractivity contribution in [2.24, 2.45) is 5.73 Å². The van der Waals surface area contributed by atoms with Gasteiger partial charge in [0.1, 0.15) is 6.04 Å². The van der Waals surface area contributed by atoms with Gasteiger partial charge in [-0.05, 0) is 0 Å². The van der Waals surface area contributed by atoms with Crippen LogP contribution in [0.3, 0.4) is 0 Å². The minimum atomic E-state index is -0.728. The van der Waals surface area contributed by atoms with Crippen molar-refractivity contribution in [1.82, 2.24) is 4.98 Å². The van der Waals surface area contributed by atoms with E-state index in [0.717, 1.165) is 11.3 Å². The topological polar surface area (TPSA) is 77.2 Å². The number of carbonyl (C=O) groups excluding carboxylic acids is 1. The monoisotopic (exact) mass is 303 g/mol. The number of ether oxygens (including phenoxy) is 1. The lowest BCUT2D eigenvalue weighted by molar-refractivity contribution is -0.118. The zero-order valence-corrected chi connectivity index (χ0v) is 12.3. The number of thiazole rings is 1. The molecule has 0 saturated carbocycles. The van der Waals surface area contributed by atoms with Gasteiger partial charge >= 0.3 is 0 Å². The second-order valence-electron chi connectivity index (χ2n) is 4.33. The number of carbonyl (C=O) groups is 1. The predicted molar refractivity (Wildman–Crippen MR) is 85.2 cm³/mol. The molecule has 21 heavy (non-hydrogen) atoms. The van der Waals surface area contributed by atoms with Crippen molar-refractivity contribution in [3.8, 4) is 11.3 Å². The van der Waals surface area contributed by atoms with Gasteiger partial charge in [0.2, 0.25) is 5.91 Å². The third-order valence-electron chi connectivity index (χ3n) is 2.67. The maximum Gasteiger partial charge on any atom is 0.245 e. The first-order valence-corrected chi connectivity index (χ1v) is 7.34. The van der Waals surface area contributed by atoms with Crippen LogP contribution in [0.4, 0.5) is 5.13 Å². The molecule has 0 aliphatic carbocycles. The highest BCUT2D eigenvalue weighted by atomic mass is 32.1. The Morgan fingerprint density at radius 2 is 2.24 bits per heavy atom. The summed E-state index contributed by atoms with van der Waals surface area (Å²) in [4.78, 5) is 16.3. The van der Waals surface area contributed by atoms with E-state index in [1.54, 1.807) is 6.08 Å². The molecular weight excluding hydrogens is 286 g/mol. The molecule has 1 amide bonds. The van der Waals surface area contributed by atoms with Gasteiger partial charge in [-0.3, -0.25) is 4.79 Å². The Morgan fingerprint density at radius 1 is 1.48 bits per heavy atom. The molecule has 0 radical (unpaired) electrons. The number of nitrogens with two attached hydrogens (primary N) is 1. The molecular formula is C15H17N3O2S. The fourth-order valence-electron chi connectivity index (χ4n) is 1.62. The van der Waals surface area contributed by atoms with Crippen LogP contribution in [0.15, 0.2) is 48.4 Å². The molecule has 1 heterocycles.